The van der Waals surface area contributed by atoms with Gasteiger partial charge in [0.05, 0.1) is 7.11 Å². The van der Waals surface area contributed by atoms with E-state index < -0.39 is 0 Å². The number of halogens is 1. The summed E-state index contributed by atoms with van der Waals surface area (Å²) in [6.45, 7) is 6.11. The fourth-order valence-corrected chi connectivity index (χ4v) is 1.93. The van der Waals surface area contributed by atoms with Crippen molar-refractivity contribution in [2.24, 2.45) is 11.8 Å². The normalized spacial score (nSPS) is 28.5. The molecular weight excluding hydrogens is 179 g/mol. The Bertz CT molecular complexity index is 265. The van der Waals surface area contributed by atoms with Gasteiger partial charge in [0, 0.05) is 5.92 Å². The maximum atomic E-state index is 13.3. The molecule has 0 radical (unpaired) electrons. The summed E-state index contributed by atoms with van der Waals surface area (Å²) in [5, 5.41) is 0. The van der Waals surface area contributed by atoms with Crippen LogP contribution in [0, 0.1) is 11.8 Å². The molecule has 2 aliphatic carbocycles. The zero-order chi connectivity index (χ0) is 10.7. The molecule has 2 aliphatic rings. The molecule has 0 bridgehead atoms. The average molecular weight is 198 g/mol. The van der Waals surface area contributed by atoms with E-state index in [1.807, 2.05) is 19.9 Å². The highest BCUT2D eigenvalue weighted by Gasteiger charge is 2.46. The highest BCUT2D eigenvalue weighted by Crippen LogP contribution is 2.54. The molecule has 2 atom stereocenters. The van der Waals surface area contributed by atoms with Crippen molar-refractivity contribution in [2.75, 3.05) is 7.11 Å². The molecule has 0 heterocycles. The van der Waals surface area contributed by atoms with Gasteiger partial charge in [-0.2, -0.15) is 0 Å². The van der Waals surface area contributed by atoms with E-state index in [4.69, 9.17) is 4.74 Å². The van der Waals surface area contributed by atoms with Crippen LogP contribution >= 0.6 is 0 Å². The van der Waals surface area contributed by atoms with Gasteiger partial charge in [-0.15, -0.1) is 0 Å². The molecule has 2 rings (SSSR count). The lowest BCUT2D eigenvalue weighted by Crippen LogP contribution is -2.00. The minimum Gasteiger partial charge on any atom is -0.494 e. The SMILES string of the molecule is CC.CCC1=CC(OC)=C(F)C2CC12. The van der Waals surface area contributed by atoms with Gasteiger partial charge in [0.15, 0.2) is 5.76 Å². The van der Waals surface area contributed by atoms with Crippen molar-refractivity contribution in [3.8, 4) is 0 Å². The van der Waals surface area contributed by atoms with Crippen molar-refractivity contribution < 1.29 is 9.13 Å². The minimum atomic E-state index is -0.0419. The van der Waals surface area contributed by atoms with E-state index in [0.29, 0.717) is 11.7 Å². The number of fused-ring (bicyclic) bond motifs is 1. The fourth-order valence-electron chi connectivity index (χ4n) is 1.93. The highest BCUT2D eigenvalue weighted by atomic mass is 19.1. The second kappa shape index (κ2) is 4.63. The number of hydrogen-bond acceptors (Lipinski definition) is 1. The second-order valence-electron chi connectivity index (χ2n) is 3.44. The van der Waals surface area contributed by atoms with Crippen LogP contribution in [0.5, 0.6) is 0 Å². The quantitative estimate of drug-likeness (QED) is 0.655. The van der Waals surface area contributed by atoms with Crippen LogP contribution in [0.4, 0.5) is 4.39 Å². The summed E-state index contributed by atoms with van der Waals surface area (Å²) >= 11 is 0. The largest absolute Gasteiger partial charge is 0.494 e. The number of ether oxygens (including phenoxy) is 1. The van der Waals surface area contributed by atoms with E-state index in [1.54, 1.807) is 0 Å². The molecule has 0 aliphatic heterocycles. The van der Waals surface area contributed by atoms with Gasteiger partial charge in [-0.05, 0) is 24.8 Å². The Morgan fingerprint density at radius 2 is 2.07 bits per heavy atom. The molecule has 0 aromatic heterocycles. The zero-order valence-corrected chi connectivity index (χ0v) is 9.43. The van der Waals surface area contributed by atoms with Crippen molar-refractivity contribution in [3.05, 3.63) is 23.2 Å². The van der Waals surface area contributed by atoms with Crippen LogP contribution in [0.2, 0.25) is 0 Å². The van der Waals surface area contributed by atoms with E-state index in [-0.39, 0.29) is 11.7 Å². The van der Waals surface area contributed by atoms with Crippen LogP contribution in [-0.2, 0) is 4.74 Å². The molecule has 0 spiro atoms. The standard InChI is InChI=1S/C10H13FO.C2H6/c1-3-6-4-9(12-2)10(11)8-5-7(6)8;1-2/h4,7-8H,3,5H2,1-2H3;1-2H3. The molecule has 1 nitrogen and oxygen atoms in total. The lowest BCUT2D eigenvalue weighted by atomic mass is 10.0. The summed E-state index contributed by atoms with van der Waals surface area (Å²) in [5.41, 5.74) is 1.35. The van der Waals surface area contributed by atoms with Crippen LogP contribution in [-0.4, -0.2) is 7.11 Å². The smallest absolute Gasteiger partial charge is 0.150 e. The van der Waals surface area contributed by atoms with Gasteiger partial charge in [0.1, 0.15) is 5.83 Å². The summed E-state index contributed by atoms with van der Waals surface area (Å²) in [5.74, 6) is 1.05. The van der Waals surface area contributed by atoms with Crippen molar-refractivity contribution in [1.29, 1.82) is 0 Å². The van der Waals surface area contributed by atoms with E-state index in [0.717, 1.165) is 12.8 Å². The first-order valence-corrected chi connectivity index (χ1v) is 5.42. The van der Waals surface area contributed by atoms with Gasteiger partial charge in [-0.25, -0.2) is 4.39 Å². The summed E-state index contributed by atoms with van der Waals surface area (Å²) in [7, 11) is 1.53. The third-order valence-electron chi connectivity index (χ3n) is 2.77. The van der Waals surface area contributed by atoms with Gasteiger partial charge in [-0.3, -0.25) is 0 Å². The average Bonchev–Trinajstić information content (AvgIpc) is 3.02. The molecule has 0 saturated heterocycles. The predicted molar refractivity (Wildman–Crippen MR) is 56.5 cm³/mol. The molecule has 1 fully saturated rings. The van der Waals surface area contributed by atoms with E-state index in [9.17, 15) is 4.39 Å². The number of rotatable bonds is 2. The first kappa shape index (κ1) is 11.3. The van der Waals surface area contributed by atoms with Crippen molar-refractivity contribution >= 4 is 0 Å². The predicted octanol–water partition coefficient (Wildman–Crippen LogP) is 3.83. The Balaban J connectivity index is 0.000000461. The molecule has 2 unspecified atom stereocenters. The second-order valence-corrected chi connectivity index (χ2v) is 3.44. The Labute approximate surface area is 85.6 Å². The van der Waals surface area contributed by atoms with Gasteiger partial charge in [0.25, 0.3) is 0 Å². The van der Waals surface area contributed by atoms with Crippen LogP contribution < -0.4 is 0 Å². The fraction of sp³-hybridized carbons (Fsp3) is 0.667. The zero-order valence-electron chi connectivity index (χ0n) is 9.43. The molecule has 80 valence electrons. The summed E-state index contributed by atoms with van der Waals surface area (Å²) in [6, 6.07) is 0. The number of allylic oxidation sites excluding steroid dienone is 3. The lowest BCUT2D eigenvalue weighted by molar-refractivity contribution is 0.281. The van der Waals surface area contributed by atoms with Crippen LogP contribution in [0.3, 0.4) is 0 Å². The number of methoxy groups -OCH3 is 1. The summed E-state index contributed by atoms with van der Waals surface area (Å²) in [4.78, 5) is 0. The van der Waals surface area contributed by atoms with Crippen LogP contribution in [0.1, 0.15) is 33.6 Å². The van der Waals surface area contributed by atoms with Gasteiger partial charge >= 0.3 is 0 Å². The number of hydrogen-bond donors (Lipinski definition) is 0. The first-order valence-electron chi connectivity index (χ1n) is 5.42. The maximum absolute atomic E-state index is 13.3. The van der Waals surface area contributed by atoms with Crippen LogP contribution in [0.15, 0.2) is 23.2 Å². The maximum Gasteiger partial charge on any atom is 0.150 e. The van der Waals surface area contributed by atoms with E-state index >= 15 is 0 Å². The topological polar surface area (TPSA) is 9.23 Å². The van der Waals surface area contributed by atoms with Gasteiger partial charge < -0.3 is 4.74 Å². The molecule has 0 aromatic rings. The lowest BCUT2D eigenvalue weighted by Gasteiger charge is -2.12. The van der Waals surface area contributed by atoms with Crippen LogP contribution in [0.25, 0.3) is 0 Å². The van der Waals surface area contributed by atoms with Crippen molar-refractivity contribution in [1.82, 2.24) is 0 Å². The van der Waals surface area contributed by atoms with E-state index in [1.165, 1.54) is 12.7 Å². The van der Waals surface area contributed by atoms with E-state index in [2.05, 4.69) is 6.92 Å². The third kappa shape index (κ3) is 1.84. The molecular formula is C12H19FO. The summed E-state index contributed by atoms with van der Waals surface area (Å²) in [6.07, 6.45) is 3.86. The first-order chi connectivity index (χ1) is 6.77. The molecule has 1 saturated carbocycles. The molecule has 14 heavy (non-hydrogen) atoms. The monoisotopic (exact) mass is 198 g/mol. The van der Waals surface area contributed by atoms with Gasteiger partial charge in [-0.1, -0.05) is 26.3 Å². The molecule has 0 N–H and O–H groups in total. The minimum absolute atomic E-state index is 0.0419. The van der Waals surface area contributed by atoms with Gasteiger partial charge in [0.2, 0.25) is 0 Å². The van der Waals surface area contributed by atoms with Crippen molar-refractivity contribution in [2.45, 2.75) is 33.6 Å². The summed E-state index contributed by atoms with van der Waals surface area (Å²) < 4.78 is 18.3. The Hall–Kier alpha value is -0.790. The molecule has 0 amide bonds. The Morgan fingerprint density at radius 1 is 1.43 bits per heavy atom. The molecule has 0 aromatic carbocycles. The highest BCUT2D eigenvalue weighted by molar-refractivity contribution is 5.36. The third-order valence-corrected chi connectivity index (χ3v) is 2.77. The molecule has 2 heteroatoms. The Kier molecular flexibility index (Phi) is 3.73. The Morgan fingerprint density at radius 3 is 2.57 bits per heavy atom. The van der Waals surface area contributed by atoms with Crippen molar-refractivity contribution in [3.63, 3.8) is 0 Å².